The molecule has 5 heteroatoms. The fourth-order valence-corrected chi connectivity index (χ4v) is 2.99. The highest BCUT2D eigenvalue weighted by molar-refractivity contribution is 7.09. The van der Waals surface area contributed by atoms with E-state index in [9.17, 15) is 0 Å². The van der Waals surface area contributed by atoms with Crippen LogP contribution in [0.15, 0.2) is 6.33 Å². The number of hydrogen-bond acceptors (Lipinski definition) is 5. The van der Waals surface area contributed by atoms with Crippen LogP contribution in [0, 0.1) is 0 Å². The molecule has 2 heterocycles. The lowest BCUT2D eigenvalue weighted by molar-refractivity contribution is 0.398. The van der Waals surface area contributed by atoms with Crippen molar-refractivity contribution in [3.63, 3.8) is 0 Å². The van der Waals surface area contributed by atoms with E-state index in [4.69, 9.17) is 0 Å². The molecular formula is C11H18N4S. The number of nitrogens with zero attached hydrogens (tertiary/aromatic N) is 3. The minimum absolute atomic E-state index is 0.651. The van der Waals surface area contributed by atoms with Gasteiger partial charge in [-0.2, -0.15) is 4.37 Å². The summed E-state index contributed by atoms with van der Waals surface area (Å²) < 4.78 is 4.11. The standard InChI is InChI=1S/C11H18N4S/c1-2-6-12-9(3-1)7-15(10-4-5-10)11-13-8-14-16-11/h8-10,12H,1-7H2. The molecule has 0 aromatic carbocycles. The number of hydrogen-bond donors (Lipinski definition) is 1. The number of rotatable bonds is 4. The van der Waals surface area contributed by atoms with Gasteiger partial charge in [0.25, 0.3) is 0 Å². The van der Waals surface area contributed by atoms with Gasteiger partial charge in [-0.3, -0.25) is 0 Å². The predicted octanol–water partition coefficient (Wildman–Crippen LogP) is 1.65. The number of aromatic nitrogens is 2. The molecule has 2 aliphatic rings. The van der Waals surface area contributed by atoms with Crippen molar-refractivity contribution in [1.82, 2.24) is 14.7 Å². The van der Waals surface area contributed by atoms with Crippen molar-refractivity contribution < 1.29 is 0 Å². The van der Waals surface area contributed by atoms with Gasteiger partial charge in [0, 0.05) is 30.2 Å². The van der Waals surface area contributed by atoms with Crippen molar-refractivity contribution in [2.75, 3.05) is 18.0 Å². The van der Waals surface area contributed by atoms with Crippen LogP contribution in [0.2, 0.25) is 0 Å². The molecule has 4 nitrogen and oxygen atoms in total. The van der Waals surface area contributed by atoms with Crippen LogP contribution >= 0.6 is 11.5 Å². The summed E-state index contributed by atoms with van der Waals surface area (Å²) in [5.41, 5.74) is 0. The maximum absolute atomic E-state index is 4.35. The molecule has 0 bridgehead atoms. The van der Waals surface area contributed by atoms with Gasteiger partial charge >= 0.3 is 0 Å². The Hall–Kier alpha value is -0.680. The molecule has 1 unspecified atom stereocenters. The van der Waals surface area contributed by atoms with Gasteiger partial charge in [0.1, 0.15) is 6.33 Å². The lowest BCUT2D eigenvalue weighted by Crippen LogP contribution is -2.44. The van der Waals surface area contributed by atoms with E-state index in [-0.39, 0.29) is 0 Å². The van der Waals surface area contributed by atoms with Crippen molar-refractivity contribution >= 4 is 16.7 Å². The van der Waals surface area contributed by atoms with Gasteiger partial charge in [-0.15, -0.1) is 0 Å². The van der Waals surface area contributed by atoms with Crippen LogP contribution in [0.5, 0.6) is 0 Å². The van der Waals surface area contributed by atoms with Gasteiger partial charge in [0.05, 0.1) is 0 Å². The molecule has 1 saturated heterocycles. The van der Waals surface area contributed by atoms with E-state index in [0.717, 1.165) is 17.7 Å². The van der Waals surface area contributed by atoms with Crippen LogP contribution in [-0.4, -0.2) is 34.5 Å². The molecule has 16 heavy (non-hydrogen) atoms. The number of anilines is 1. The molecule has 0 amide bonds. The summed E-state index contributed by atoms with van der Waals surface area (Å²) in [6.45, 7) is 2.29. The van der Waals surface area contributed by atoms with E-state index in [1.807, 2.05) is 0 Å². The van der Waals surface area contributed by atoms with Gasteiger partial charge in [-0.25, -0.2) is 4.98 Å². The number of nitrogens with one attached hydrogen (secondary N) is 1. The van der Waals surface area contributed by atoms with Gasteiger partial charge < -0.3 is 10.2 Å². The monoisotopic (exact) mass is 238 g/mol. The van der Waals surface area contributed by atoms with Gasteiger partial charge in [-0.05, 0) is 32.2 Å². The molecule has 1 saturated carbocycles. The molecule has 1 aromatic heterocycles. The van der Waals surface area contributed by atoms with E-state index in [2.05, 4.69) is 19.6 Å². The average Bonchev–Trinajstić information content (AvgIpc) is 3.02. The molecule has 1 atom stereocenters. The fraction of sp³-hybridized carbons (Fsp3) is 0.818. The highest BCUT2D eigenvalue weighted by Gasteiger charge is 2.32. The summed E-state index contributed by atoms with van der Waals surface area (Å²) in [6, 6.07) is 1.38. The fourth-order valence-electron chi connectivity index (χ4n) is 2.38. The second kappa shape index (κ2) is 4.67. The largest absolute Gasteiger partial charge is 0.342 e. The van der Waals surface area contributed by atoms with Crippen molar-refractivity contribution in [1.29, 1.82) is 0 Å². The molecule has 1 N–H and O–H groups in total. The Labute approximate surface area is 100 Å². The summed E-state index contributed by atoms with van der Waals surface area (Å²) in [5.74, 6) is 0. The van der Waals surface area contributed by atoms with E-state index < -0.39 is 0 Å². The zero-order valence-corrected chi connectivity index (χ0v) is 10.2. The van der Waals surface area contributed by atoms with Gasteiger partial charge in [-0.1, -0.05) is 6.42 Å². The molecule has 0 spiro atoms. The first-order chi connectivity index (χ1) is 7.93. The summed E-state index contributed by atoms with van der Waals surface area (Å²) in [7, 11) is 0. The molecule has 2 fully saturated rings. The third-order valence-electron chi connectivity index (χ3n) is 3.41. The lowest BCUT2D eigenvalue weighted by atomic mass is 10.0. The molecule has 0 radical (unpaired) electrons. The Morgan fingerprint density at radius 2 is 2.31 bits per heavy atom. The minimum atomic E-state index is 0.651. The number of piperidine rings is 1. The molecule has 1 aliphatic carbocycles. The lowest BCUT2D eigenvalue weighted by Gasteiger charge is -2.30. The normalized spacial score (nSPS) is 25.6. The van der Waals surface area contributed by atoms with E-state index in [1.54, 1.807) is 6.33 Å². The van der Waals surface area contributed by atoms with Crippen LogP contribution < -0.4 is 10.2 Å². The van der Waals surface area contributed by atoms with E-state index in [0.29, 0.717) is 6.04 Å². The molecule has 1 aromatic rings. The topological polar surface area (TPSA) is 41.1 Å². The molecule has 88 valence electrons. The first kappa shape index (κ1) is 10.5. The molecule has 1 aliphatic heterocycles. The maximum atomic E-state index is 4.35. The van der Waals surface area contributed by atoms with Gasteiger partial charge in [0.15, 0.2) is 0 Å². The molecule has 3 rings (SSSR count). The van der Waals surface area contributed by atoms with Crippen molar-refractivity contribution in [3.8, 4) is 0 Å². The maximum Gasteiger partial charge on any atom is 0.205 e. The average molecular weight is 238 g/mol. The SMILES string of the molecule is c1nsc(N(CC2CCCCN2)C2CC2)n1. The van der Waals surface area contributed by atoms with Crippen LogP contribution in [0.4, 0.5) is 5.13 Å². The minimum Gasteiger partial charge on any atom is -0.342 e. The Kier molecular flexibility index (Phi) is 3.06. The summed E-state index contributed by atoms with van der Waals surface area (Å²) in [5, 5.41) is 4.72. The molecular weight excluding hydrogens is 220 g/mol. The van der Waals surface area contributed by atoms with Crippen molar-refractivity contribution in [2.45, 2.75) is 44.2 Å². The zero-order chi connectivity index (χ0) is 10.8. The predicted molar refractivity (Wildman–Crippen MR) is 65.9 cm³/mol. The Bertz CT molecular complexity index is 317. The third kappa shape index (κ3) is 2.35. The highest BCUT2D eigenvalue weighted by Crippen LogP contribution is 2.32. The van der Waals surface area contributed by atoms with Gasteiger partial charge in [0.2, 0.25) is 5.13 Å². The van der Waals surface area contributed by atoms with Crippen molar-refractivity contribution in [3.05, 3.63) is 6.33 Å². The summed E-state index contributed by atoms with van der Waals surface area (Å²) >= 11 is 1.52. The zero-order valence-electron chi connectivity index (χ0n) is 9.43. The summed E-state index contributed by atoms with van der Waals surface area (Å²) in [6.07, 6.45) is 8.33. The third-order valence-corrected chi connectivity index (χ3v) is 4.12. The van der Waals surface area contributed by atoms with E-state index in [1.165, 1.54) is 50.2 Å². The van der Waals surface area contributed by atoms with Crippen LogP contribution in [0.3, 0.4) is 0 Å². The first-order valence-electron chi connectivity index (χ1n) is 6.20. The van der Waals surface area contributed by atoms with Crippen LogP contribution in [-0.2, 0) is 0 Å². The highest BCUT2D eigenvalue weighted by atomic mass is 32.1. The van der Waals surface area contributed by atoms with E-state index >= 15 is 0 Å². The van der Waals surface area contributed by atoms with Crippen molar-refractivity contribution in [2.24, 2.45) is 0 Å². The quantitative estimate of drug-likeness (QED) is 0.866. The first-order valence-corrected chi connectivity index (χ1v) is 6.97. The Morgan fingerprint density at radius 1 is 1.38 bits per heavy atom. The van der Waals surface area contributed by atoms with Crippen LogP contribution in [0.25, 0.3) is 0 Å². The van der Waals surface area contributed by atoms with Crippen LogP contribution in [0.1, 0.15) is 32.1 Å². The summed E-state index contributed by atoms with van der Waals surface area (Å²) in [4.78, 5) is 6.81. The smallest absolute Gasteiger partial charge is 0.205 e. The second-order valence-electron chi connectivity index (χ2n) is 4.75. The Morgan fingerprint density at radius 3 is 2.94 bits per heavy atom. The second-order valence-corrected chi connectivity index (χ2v) is 5.51. The Balaban J connectivity index is 1.64.